The molecule has 0 bridgehead atoms. The van der Waals surface area contributed by atoms with Gasteiger partial charge >= 0.3 is 5.63 Å². The van der Waals surface area contributed by atoms with Gasteiger partial charge in [0.15, 0.2) is 17.5 Å². The zero-order valence-electron chi connectivity index (χ0n) is 27.4. The molecule has 0 saturated heterocycles. The van der Waals surface area contributed by atoms with Gasteiger partial charge in [-0.15, -0.1) is 0 Å². The molecular formula is C46H29N3O2. The van der Waals surface area contributed by atoms with Crippen LogP contribution in [0.25, 0.3) is 89.3 Å². The topological polar surface area (TPSA) is 68.9 Å². The summed E-state index contributed by atoms with van der Waals surface area (Å²) in [5, 5.41) is 2.10. The molecule has 0 aliphatic heterocycles. The van der Waals surface area contributed by atoms with Gasteiger partial charge in [-0.3, -0.25) is 0 Å². The van der Waals surface area contributed by atoms with Gasteiger partial charge in [0, 0.05) is 27.5 Å². The van der Waals surface area contributed by atoms with Gasteiger partial charge < -0.3 is 4.42 Å². The van der Waals surface area contributed by atoms with Crippen molar-refractivity contribution in [2.45, 2.75) is 0 Å². The summed E-state index contributed by atoms with van der Waals surface area (Å²) in [5.41, 5.74) is 9.14. The van der Waals surface area contributed by atoms with Crippen molar-refractivity contribution in [2.75, 3.05) is 0 Å². The molecule has 0 spiro atoms. The van der Waals surface area contributed by atoms with Crippen molar-refractivity contribution < 1.29 is 4.42 Å². The molecule has 0 saturated carbocycles. The molecule has 0 amide bonds. The van der Waals surface area contributed by atoms with E-state index in [2.05, 4.69) is 72.8 Å². The van der Waals surface area contributed by atoms with Gasteiger partial charge in [0.05, 0.1) is 5.39 Å². The first-order valence-electron chi connectivity index (χ1n) is 16.8. The van der Waals surface area contributed by atoms with Crippen LogP contribution in [0.2, 0.25) is 0 Å². The van der Waals surface area contributed by atoms with Crippen LogP contribution in [0, 0.1) is 0 Å². The summed E-state index contributed by atoms with van der Waals surface area (Å²) in [7, 11) is 0. The number of hydrogen-bond acceptors (Lipinski definition) is 5. The van der Waals surface area contributed by atoms with Gasteiger partial charge in [-0.2, -0.15) is 0 Å². The number of fused-ring (bicyclic) bond motifs is 3. The van der Waals surface area contributed by atoms with Gasteiger partial charge in [0.1, 0.15) is 5.58 Å². The maximum Gasteiger partial charge on any atom is 0.344 e. The fraction of sp³-hybridized carbons (Fsp3) is 0. The van der Waals surface area contributed by atoms with Crippen LogP contribution in [-0.4, -0.2) is 15.0 Å². The molecule has 0 atom stereocenters. The molecule has 0 aliphatic carbocycles. The van der Waals surface area contributed by atoms with Crippen LogP contribution in [0.5, 0.6) is 0 Å². The third kappa shape index (κ3) is 5.87. The Labute approximate surface area is 294 Å². The Bertz CT molecular complexity index is 2630. The summed E-state index contributed by atoms with van der Waals surface area (Å²) in [6, 6.07) is 58.9. The summed E-state index contributed by atoms with van der Waals surface area (Å²) in [5.74, 6) is 1.68. The van der Waals surface area contributed by atoms with Crippen molar-refractivity contribution in [3.05, 3.63) is 186 Å². The van der Waals surface area contributed by atoms with E-state index in [0.29, 0.717) is 28.4 Å². The fourth-order valence-corrected chi connectivity index (χ4v) is 6.57. The highest BCUT2D eigenvalue weighted by Crippen LogP contribution is 2.36. The smallest absolute Gasteiger partial charge is 0.344 e. The third-order valence-electron chi connectivity index (χ3n) is 9.15. The van der Waals surface area contributed by atoms with Crippen molar-refractivity contribution in [3.63, 3.8) is 0 Å². The molecule has 2 aromatic heterocycles. The first-order chi connectivity index (χ1) is 25.2. The molecule has 0 radical (unpaired) electrons. The lowest BCUT2D eigenvalue weighted by molar-refractivity contribution is 0.570. The molecule has 0 aliphatic rings. The maximum absolute atomic E-state index is 13.4. The first kappa shape index (κ1) is 30.1. The van der Waals surface area contributed by atoms with Crippen LogP contribution < -0.4 is 5.63 Å². The van der Waals surface area contributed by atoms with Gasteiger partial charge in [-0.1, -0.05) is 133 Å². The molecule has 5 heteroatoms. The SMILES string of the molecule is O=c1oc2cc(-c3cc(-c4ccccc4)cc(-c4ccccc4)c3)ccc2c2cc(-c3nc(-c4ccccc4)nc(-c4ccccc4)n3)ccc12. The highest BCUT2D eigenvalue weighted by Gasteiger charge is 2.16. The Kier molecular flexibility index (Phi) is 7.56. The monoisotopic (exact) mass is 655 g/mol. The average Bonchev–Trinajstić information content (AvgIpc) is 3.21. The molecule has 51 heavy (non-hydrogen) atoms. The van der Waals surface area contributed by atoms with Crippen LogP contribution in [0.4, 0.5) is 0 Å². The van der Waals surface area contributed by atoms with E-state index in [9.17, 15) is 4.79 Å². The van der Waals surface area contributed by atoms with Crippen LogP contribution in [-0.2, 0) is 0 Å². The molecule has 9 aromatic rings. The second-order valence-electron chi connectivity index (χ2n) is 12.4. The molecule has 5 nitrogen and oxygen atoms in total. The Morgan fingerprint density at radius 2 is 0.725 bits per heavy atom. The number of nitrogens with zero attached hydrogens (tertiary/aromatic N) is 3. The van der Waals surface area contributed by atoms with E-state index in [-0.39, 0.29) is 0 Å². The van der Waals surface area contributed by atoms with Crippen LogP contribution in [0.15, 0.2) is 185 Å². The summed E-state index contributed by atoms with van der Waals surface area (Å²) < 4.78 is 5.97. The van der Waals surface area contributed by atoms with E-state index in [4.69, 9.17) is 19.4 Å². The minimum Gasteiger partial charge on any atom is -0.422 e. The second kappa shape index (κ2) is 12.8. The lowest BCUT2D eigenvalue weighted by Gasteiger charge is -2.12. The molecule has 9 rings (SSSR count). The summed E-state index contributed by atoms with van der Waals surface area (Å²) >= 11 is 0. The highest BCUT2D eigenvalue weighted by molar-refractivity contribution is 6.06. The number of benzene rings is 7. The number of hydrogen-bond donors (Lipinski definition) is 0. The van der Waals surface area contributed by atoms with Gasteiger partial charge in [-0.05, 0) is 75.8 Å². The van der Waals surface area contributed by atoms with E-state index >= 15 is 0 Å². The maximum atomic E-state index is 13.4. The largest absolute Gasteiger partial charge is 0.422 e. The molecule has 0 fully saturated rings. The summed E-state index contributed by atoms with van der Waals surface area (Å²) in [4.78, 5) is 28.1. The van der Waals surface area contributed by atoms with E-state index in [1.165, 1.54) is 0 Å². The van der Waals surface area contributed by atoms with E-state index < -0.39 is 5.63 Å². The molecule has 0 unspecified atom stereocenters. The molecule has 0 N–H and O–H groups in total. The third-order valence-corrected chi connectivity index (χ3v) is 9.15. The van der Waals surface area contributed by atoms with Crippen molar-refractivity contribution in [1.29, 1.82) is 0 Å². The lowest BCUT2D eigenvalue weighted by atomic mass is 9.93. The van der Waals surface area contributed by atoms with Crippen LogP contribution >= 0.6 is 0 Å². The number of rotatable bonds is 6. The van der Waals surface area contributed by atoms with Crippen molar-refractivity contribution in [1.82, 2.24) is 15.0 Å². The molecule has 2 heterocycles. The van der Waals surface area contributed by atoms with E-state index in [1.54, 1.807) is 6.07 Å². The average molecular weight is 656 g/mol. The van der Waals surface area contributed by atoms with Gasteiger partial charge in [0.25, 0.3) is 0 Å². The Morgan fingerprint density at radius 3 is 1.24 bits per heavy atom. The quantitative estimate of drug-likeness (QED) is 0.132. The predicted molar refractivity (Wildman–Crippen MR) is 206 cm³/mol. The van der Waals surface area contributed by atoms with Crippen molar-refractivity contribution >= 4 is 21.7 Å². The lowest BCUT2D eigenvalue weighted by Crippen LogP contribution is -2.02. The van der Waals surface area contributed by atoms with E-state index in [1.807, 2.05) is 97.1 Å². The zero-order valence-corrected chi connectivity index (χ0v) is 27.4. The van der Waals surface area contributed by atoms with Crippen molar-refractivity contribution in [2.24, 2.45) is 0 Å². The normalized spacial score (nSPS) is 11.2. The predicted octanol–water partition coefficient (Wildman–Crippen LogP) is 11.1. The van der Waals surface area contributed by atoms with Gasteiger partial charge in [0.2, 0.25) is 0 Å². The summed E-state index contributed by atoms with van der Waals surface area (Å²) in [6.45, 7) is 0. The van der Waals surface area contributed by atoms with Crippen LogP contribution in [0.3, 0.4) is 0 Å². The first-order valence-corrected chi connectivity index (χ1v) is 16.8. The summed E-state index contributed by atoms with van der Waals surface area (Å²) in [6.07, 6.45) is 0. The van der Waals surface area contributed by atoms with Gasteiger partial charge in [-0.25, -0.2) is 19.7 Å². The Morgan fingerprint density at radius 1 is 0.314 bits per heavy atom. The fourth-order valence-electron chi connectivity index (χ4n) is 6.57. The molecule has 240 valence electrons. The Balaban J connectivity index is 1.19. The number of aromatic nitrogens is 3. The van der Waals surface area contributed by atoms with E-state index in [0.717, 1.165) is 60.8 Å². The highest BCUT2D eigenvalue weighted by atomic mass is 16.4. The minimum atomic E-state index is -0.394. The minimum absolute atomic E-state index is 0.394. The second-order valence-corrected chi connectivity index (χ2v) is 12.4. The molecular weight excluding hydrogens is 627 g/mol. The van der Waals surface area contributed by atoms with Crippen molar-refractivity contribution in [3.8, 4) is 67.5 Å². The molecule has 7 aromatic carbocycles. The standard InChI is InChI=1S/C46H29N3O2/c50-46-40-24-22-35(45-48-43(32-17-9-3-10-18-32)47-44(49-45)33-19-11-4-12-20-33)28-41(40)39-23-21-34(29-42(39)51-46)38-26-36(30-13-5-1-6-14-30)25-37(27-38)31-15-7-2-8-16-31/h1-29H. The van der Waals surface area contributed by atoms with Crippen LogP contribution in [0.1, 0.15) is 0 Å². The zero-order chi connectivity index (χ0) is 34.1. The Hall–Kier alpha value is -6.98.